The van der Waals surface area contributed by atoms with E-state index in [9.17, 15) is 9.59 Å². The molecular formula is C23H25N3O3. The Morgan fingerprint density at radius 3 is 2.34 bits per heavy atom. The molecule has 3 aromatic carbocycles. The Balaban J connectivity index is 1.53. The van der Waals surface area contributed by atoms with Crippen LogP contribution < -0.4 is 20.9 Å². The highest BCUT2D eigenvalue weighted by atomic mass is 16.5. The molecule has 0 aliphatic heterocycles. The summed E-state index contributed by atoms with van der Waals surface area (Å²) in [6, 6.07) is 19.4. The van der Waals surface area contributed by atoms with E-state index in [-0.39, 0.29) is 18.4 Å². The number of aryl methyl sites for hydroxylation is 1. The van der Waals surface area contributed by atoms with Crippen molar-refractivity contribution in [2.24, 2.45) is 0 Å². The Labute approximate surface area is 170 Å². The van der Waals surface area contributed by atoms with Crippen LogP contribution in [0.3, 0.4) is 0 Å². The van der Waals surface area contributed by atoms with Crippen LogP contribution >= 0.6 is 0 Å². The summed E-state index contributed by atoms with van der Waals surface area (Å²) in [6.07, 6.45) is 0. The van der Waals surface area contributed by atoms with E-state index in [1.165, 1.54) is 0 Å². The molecule has 3 N–H and O–H groups in total. The molecule has 150 valence electrons. The van der Waals surface area contributed by atoms with Crippen molar-refractivity contribution in [3.8, 4) is 5.75 Å². The van der Waals surface area contributed by atoms with Gasteiger partial charge in [-0.2, -0.15) is 0 Å². The number of ether oxygens (including phenoxy) is 1. The molecule has 6 heteroatoms. The number of hydrogen-bond acceptors (Lipinski definition) is 4. The second-order valence-electron chi connectivity index (χ2n) is 6.95. The smallest absolute Gasteiger partial charge is 0.257 e. The molecule has 0 saturated carbocycles. The molecule has 0 aromatic heterocycles. The summed E-state index contributed by atoms with van der Waals surface area (Å²) in [5, 5.41) is 5.07. The highest BCUT2D eigenvalue weighted by Crippen LogP contribution is 2.25. The number of carbonyl (C=O) groups excluding carboxylic acids is 2. The van der Waals surface area contributed by atoms with E-state index in [0.29, 0.717) is 0 Å². The predicted molar refractivity (Wildman–Crippen MR) is 115 cm³/mol. The summed E-state index contributed by atoms with van der Waals surface area (Å²) >= 11 is 0. The second kappa shape index (κ2) is 9.10. The summed E-state index contributed by atoms with van der Waals surface area (Å²) in [4.78, 5) is 24.4. The van der Waals surface area contributed by atoms with Crippen molar-refractivity contribution in [1.82, 2.24) is 10.9 Å². The first-order valence-corrected chi connectivity index (χ1v) is 9.43. The third-order valence-corrected chi connectivity index (χ3v) is 4.79. The van der Waals surface area contributed by atoms with E-state index in [0.717, 1.165) is 33.3 Å². The van der Waals surface area contributed by atoms with E-state index < -0.39 is 5.92 Å². The molecule has 0 unspecified atom stereocenters. The molecule has 0 aliphatic carbocycles. The molecule has 0 bridgehead atoms. The average Bonchev–Trinajstić information content (AvgIpc) is 2.75. The van der Waals surface area contributed by atoms with Gasteiger partial charge >= 0.3 is 0 Å². The van der Waals surface area contributed by atoms with Gasteiger partial charge in [-0.3, -0.25) is 20.4 Å². The fourth-order valence-corrected chi connectivity index (χ4v) is 2.93. The summed E-state index contributed by atoms with van der Waals surface area (Å²) in [6.45, 7) is 3.87. The van der Waals surface area contributed by atoms with Crippen LogP contribution in [0.4, 0.5) is 5.69 Å². The van der Waals surface area contributed by atoms with Crippen LogP contribution in [0.2, 0.25) is 0 Å². The zero-order valence-electron chi connectivity index (χ0n) is 16.8. The van der Waals surface area contributed by atoms with Gasteiger partial charge < -0.3 is 10.1 Å². The van der Waals surface area contributed by atoms with Crippen molar-refractivity contribution in [3.05, 3.63) is 71.8 Å². The number of carbonyl (C=O) groups is 2. The fourth-order valence-electron chi connectivity index (χ4n) is 2.93. The standard InChI is InChI=1S/C23H25N3O3/c1-15-4-9-20(10-5-15)24-14-22(27)25-26-23(28)16(2)17-6-7-19-13-21(29-3)11-8-18(19)12-17/h4-13,16,24H,14H2,1-3H3,(H,25,27)(H,26,28)/t16-/m0/s1. The van der Waals surface area contributed by atoms with Crippen LogP contribution in [0.1, 0.15) is 24.0 Å². The minimum absolute atomic E-state index is 0.0650. The first-order chi connectivity index (χ1) is 14.0. The number of amides is 2. The highest BCUT2D eigenvalue weighted by Gasteiger charge is 2.16. The van der Waals surface area contributed by atoms with Gasteiger partial charge in [0.1, 0.15) is 5.75 Å². The molecular weight excluding hydrogens is 366 g/mol. The van der Waals surface area contributed by atoms with Crippen LogP contribution in [0.15, 0.2) is 60.7 Å². The topological polar surface area (TPSA) is 79.5 Å². The van der Waals surface area contributed by atoms with Crippen molar-refractivity contribution in [1.29, 1.82) is 0 Å². The largest absolute Gasteiger partial charge is 0.497 e. The van der Waals surface area contributed by atoms with Gasteiger partial charge in [0.05, 0.1) is 19.6 Å². The normalized spacial score (nSPS) is 11.6. The molecule has 29 heavy (non-hydrogen) atoms. The number of anilines is 1. The zero-order valence-corrected chi connectivity index (χ0v) is 16.8. The summed E-state index contributed by atoms with van der Waals surface area (Å²) in [5.74, 6) is -0.219. The van der Waals surface area contributed by atoms with Crippen molar-refractivity contribution in [3.63, 3.8) is 0 Å². The average molecular weight is 391 g/mol. The third kappa shape index (κ3) is 5.25. The van der Waals surface area contributed by atoms with Crippen molar-refractivity contribution < 1.29 is 14.3 Å². The minimum Gasteiger partial charge on any atom is -0.497 e. The van der Waals surface area contributed by atoms with Gasteiger partial charge in [-0.05, 0) is 54.4 Å². The molecule has 3 rings (SSSR count). The lowest BCUT2D eigenvalue weighted by molar-refractivity contribution is -0.128. The van der Waals surface area contributed by atoms with Crippen molar-refractivity contribution in [2.45, 2.75) is 19.8 Å². The van der Waals surface area contributed by atoms with Crippen LogP contribution in [0.5, 0.6) is 5.75 Å². The Morgan fingerprint density at radius 1 is 0.931 bits per heavy atom. The molecule has 1 atom stereocenters. The Kier molecular flexibility index (Phi) is 6.34. The molecule has 0 fully saturated rings. The molecule has 0 heterocycles. The molecule has 0 saturated heterocycles. The van der Waals surface area contributed by atoms with E-state index in [2.05, 4.69) is 16.2 Å². The van der Waals surface area contributed by atoms with E-state index in [1.807, 2.05) is 67.6 Å². The van der Waals surface area contributed by atoms with Crippen LogP contribution in [0, 0.1) is 6.92 Å². The van der Waals surface area contributed by atoms with Gasteiger partial charge in [-0.1, -0.05) is 42.0 Å². The van der Waals surface area contributed by atoms with Gasteiger partial charge in [-0.25, -0.2) is 0 Å². The van der Waals surface area contributed by atoms with Gasteiger partial charge in [-0.15, -0.1) is 0 Å². The zero-order chi connectivity index (χ0) is 20.8. The number of benzene rings is 3. The third-order valence-electron chi connectivity index (χ3n) is 4.79. The summed E-state index contributed by atoms with van der Waals surface area (Å²) < 4.78 is 5.24. The van der Waals surface area contributed by atoms with E-state index in [1.54, 1.807) is 14.0 Å². The first-order valence-electron chi connectivity index (χ1n) is 9.43. The van der Waals surface area contributed by atoms with Gasteiger partial charge in [0.25, 0.3) is 5.91 Å². The Hall–Kier alpha value is -3.54. The molecule has 2 amide bonds. The lowest BCUT2D eigenvalue weighted by Gasteiger charge is -2.14. The van der Waals surface area contributed by atoms with Gasteiger partial charge in [0.15, 0.2) is 0 Å². The van der Waals surface area contributed by atoms with Crippen molar-refractivity contribution in [2.75, 3.05) is 19.0 Å². The summed E-state index contributed by atoms with van der Waals surface area (Å²) in [7, 11) is 1.63. The number of nitrogens with one attached hydrogen (secondary N) is 3. The van der Waals surface area contributed by atoms with Crippen LogP contribution in [0.25, 0.3) is 10.8 Å². The monoisotopic (exact) mass is 391 g/mol. The second-order valence-corrected chi connectivity index (χ2v) is 6.95. The Morgan fingerprint density at radius 2 is 1.62 bits per heavy atom. The van der Waals surface area contributed by atoms with Crippen molar-refractivity contribution >= 4 is 28.3 Å². The molecule has 0 radical (unpaired) electrons. The maximum atomic E-state index is 12.4. The maximum absolute atomic E-state index is 12.4. The highest BCUT2D eigenvalue weighted by molar-refractivity contribution is 5.90. The lowest BCUT2D eigenvalue weighted by atomic mass is 9.97. The van der Waals surface area contributed by atoms with Gasteiger partial charge in [0, 0.05) is 5.69 Å². The van der Waals surface area contributed by atoms with Crippen LogP contribution in [-0.4, -0.2) is 25.5 Å². The molecule has 0 spiro atoms. The van der Waals surface area contributed by atoms with E-state index in [4.69, 9.17) is 4.74 Å². The fraction of sp³-hybridized carbons (Fsp3) is 0.217. The van der Waals surface area contributed by atoms with Gasteiger partial charge in [0.2, 0.25) is 5.91 Å². The maximum Gasteiger partial charge on any atom is 0.257 e. The number of rotatable bonds is 6. The number of fused-ring (bicyclic) bond motifs is 1. The number of hydrogen-bond donors (Lipinski definition) is 3. The predicted octanol–water partition coefficient (Wildman–Crippen LogP) is 3.52. The van der Waals surface area contributed by atoms with E-state index >= 15 is 0 Å². The first kappa shape index (κ1) is 20.2. The number of hydrazine groups is 1. The molecule has 3 aromatic rings. The summed E-state index contributed by atoms with van der Waals surface area (Å²) in [5.41, 5.74) is 7.80. The molecule has 6 nitrogen and oxygen atoms in total. The quantitative estimate of drug-likeness (QED) is 0.562. The lowest BCUT2D eigenvalue weighted by Crippen LogP contribution is -2.45. The molecule has 0 aliphatic rings. The van der Waals surface area contributed by atoms with Crippen LogP contribution in [-0.2, 0) is 9.59 Å². The Bertz CT molecular complexity index is 1020. The SMILES string of the molecule is COc1ccc2cc([C@H](C)C(=O)NNC(=O)CNc3ccc(C)cc3)ccc2c1. The number of methoxy groups -OCH3 is 1. The minimum atomic E-state index is -0.410.